The summed E-state index contributed by atoms with van der Waals surface area (Å²) < 4.78 is 1.13. The Hall–Kier alpha value is -4.27. The summed E-state index contributed by atoms with van der Waals surface area (Å²) in [6, 6.07) is 17.6. The third-order valence-corrected chi connectivity index (χ3v) is 5.91. The van der Waals surface area contributed by atoms with Gasteiger partial charge in [-0.25, -0.2) is 4.68 Å². The largest absolute Gasteiger partial charge is 0.353 e. The lowest BCUT2D eigenvalue weighted by molar-refractivity contribution is -0.122. The maximum Gasteiger partial charge on any atom is 0.267 e. The smallest absolute Gasteiger partial charge is 0.267 e. The SMILES string of the molecule is CCc1ccc(-c2ccc(=O)n(CC(=O)NCCNC(=O)c3ccc(NC(=O)C4CC4)cc3)n2)cc1. The molecule has 1 fully saturated rings. The van der Waals surface area contributed by atoms with E-state index in [0.717, 1.165) is 29.5 Å². The Morgan fingerprint density at radius 1 is 0.917 bits per heavy atom. The number of benzene rings is 2. The minimum absolute atomic E-state index is 0.0118. The van der Waals surface area contributed by atoms with E-state index in [-0.39, 0.29) is 48.8 Å². The fourth-order valence-electron chi connectivity index (χ4n) is 3.59. The summed E-state index contributed by atoms with van der Waals surface area (Å²) in [7, 11) is 0. The first-order valence-corrected chi connectivity index (χ1v) is 12.1. The Bertz CT molecular complexity index is 1290. The molecule has 0 unspecified atom stereocenters. The van der Waals surface area contributed by atoms with E-state index in [1.54, 1.807) is 30.3 Å². The summed E-state index contributed by atoms with van der Waals surface area (Å²) in [5, 5.41) is 12.6. The number of aryl methyl sites for hydroxylation is 1. The molecule has 1 saturated carbocycles. The summed E-state index contributed by atoms with van der Waals surface area (Å²) in [4.78, 5) is 48.6. The number of rotatable bonds is 10. The predicted molar refractivity (Wildman–Crippen MR) is 136 cm³/mol. The standard InChI is InChI=1S/C27H29N5O4/c1-2-18-3-5-19(6-4-18)23-13-14-25(34)32(31-23)17-24(33)28-15-16-29-26(35)20-9-11-22(12-10-20)30-27(36)21-7-8-21/h3-6,9-14,21H,2,7-8,15-17H2,1H3,(H,28,33)(H,29,35)(H,30,36). The molecule has 36 heavy (non-hydrogen) atoms. The van der Waals surface area contributed by atoms with Crippen molar-refractivity contribution in [1.29, 1.82) is 0 Å². The van der Waals surface area contributed by atoms with Gasteiger partial charge in [0.15, 0.2) is 0 Å². The highest BCUT2D eigenvalue weighted by molar-refractivity contribution is 5.96. The first kappa shape index (κ1) is 24.8. The lowest BCUT2D eigenvalue weighted by atomic mass is 10.1. The second kappa shape index (κ2) is 11.4. The zero-order valence-electron chi connectivity index (χ0n) is 20.1. The van der Waals surface area contributed by atoms with E-state index in [4.69, 9.17) is 0 Å². The summed E-state index contributed by atoms with van der Waals surface area (Å²) >= 11 is 0. The van der Waals surface area contributed by atoms with Crippen molar-refractivity contribution in [2.45, 2.75) is 32.7 Å². The molecule has 4 rings (SSSR count). The quantitative estimate of drug-likeness (QED) is 0.379. The first-order chi connectivity index (χ1) is 17.4. The molecule has 0 spiro atoms. The van der Waals surface area contributed by atoms with E-state index in [1.807, 2.05) is 24.3 Å². The van der Waals surface area contributed by atoms with E-state index in [2.05, 4.69) is 28.0 Å². The number of aromatic nitrogens is 2. The number of amides is 3. The Labute approximate surface area is 208 Å². The van der Waals surface area contributed by atoms with Crippen LogP contribution < -0.4 is 21.5 Å². The molecule has 0 radical (unpaired) electrons. The van der Waals surface area contributed by atoms with Crippen molar-refractivity contribution in [2.24, 2.45) is 5.92 Å². The van der Waals surface area contributed by atoms with Crippen molar-refractivity contribution in [3.05, 3.63) is 82.1 Å². The molecular formula is C27H29N5O4. The third kappa shape index (κ3) is 6.65. The fourth-order valence-corrected chi connectivity index (χ4v) is 3.59. The molecule has 3 N–H and O–H groups in total. The molecule has 9 nitrogen and oxygen atoms in total. The molecule has 0 saturated heterocycles. The van der Waals surface area contributed by atoms with Gasteiger partial charge in [-0.05, 0) is 55.2 Å². The van der Waals surface area contributed by atoms with Gasteiger partial charge < -0.3 is 16.0 Å². The topological polar surface area (TPSA) is 122 Å². The van der Waals surface area contributed by atoms with E-state index in [0.29, 0.717) is 16.9 Å². The molecule has 3 aromatic rings. The van der Waals surface area contributed by atoms with Crippen LogP contribution >= 0.6 is 0 Å². The van der Waals surface area contributed by atoms with Crippen LogP contribution in [0, 0.1) is 5.92 Å². The van der Waals surface area contributed by atoms with Crippen LogP contribution in [-0.2, 0) is 22.6 Å². The van der Waals surface area contributed by atoms with Crippen molar-refractivity contribution >= 4 is 23.4 Å². The molecular weight excluding hydrogens is 458 g/mol. The summed E-state index contributed by atoms with van der Waals surface area (Å²) in [6.07, 6.45) is 2.78. The van der Waals surface area contributed by atoms with Gasteiger partial charge >= 0.3 is 0 Å². The predicted octanol–water partition coefficient (Wildman–Crippen LogP) is 2.37. The van der Waals surface area contributed by atoms with Gasteiger partial charge in [-0.2, -0.15) is 5.10 Å². The summed E-state index contributed by atoms with van der Waals surface area (Å²) in [5.41, 5.74) is 3.40. The Balaban J connectivity index is 1.23. The third-order valence-electron chi connectivity index (χ3n) is 5.91. The van der Waals surface area contributed by atoms with Gasteiger partial charge in [-0.3, -0.25) is 19.2 Å². The van der Waals surface area contributed by atoms with Crippen LogP contribution in [0.2, 0.25) is 0 Å². The van der Waals surface area contributed by atoms with Gasteiger partial charge in [0.2, 0.25) is 11.8 Å². The molecule has 186 valence electrons. The average molecular weight is 488 g/mol. The van der Waals surface area contributed by atoms with Crippen LogP contribution in [0.1, 0.15) is 35.7 Å². The number of carbonyl (C=O) groups excluding carboxylic acids is 3. The monoisotopic (exact) mass is 487 g/mol. The van der Waals surface area contributed by atoms with Gasteiger partial charge in [-0.1, -0.05) is 31.2 Å². The molecule has 3 amide bonds. The van der Waals surface area contributed by atoms with E-state index >= 15 is 0 Å². The van der Waals surface area contributed by atoms with Crippen LogP contribution in [0.25, 0.3) is 11.3 Å². The van der Waals surface area contributed by atoms with Crippen molar-refractivity contribution in [2.75, 3.05) is 18.4 Å². The van der Waals surface area contributed by atoms with Gasteiger partial charge in [0.05, 0.1) is 5.69 Å². The number of nitrogens with zero attached hydrogens (tertiary/aromatic N) is 2. The van der Waals surface area contributed by atoms with E-state index in [9.17, 15) is 19.2 Å². The second-order valence-corrected chi connectivity index (χ2v) is 8.71. The Morgan fingerprint density at radius 2 is 1.61 bits per heavy atom. The van der Waals surface area contributed by atoms with Gasteiger partial charge in [0.25, 0.3) is 11.5 Å². The van der Waals surface area contributed by atoms with Crippen LogP contribution in [0.15, 0.2) is 65.5 Å². The van der Waals surface area contributed by atoms with E-state index < -0.39 is 0 Å². The van der Waals surface area contributed by atoms with Crippen LogP contribution in [0.4, 0.5) is 5.69 Å². The lowest BCUT2D eigenvalue weighted by Crippen LogP contribution is -2.38. The van der Waals surface area contributed by atoms with Gasteiger partial charge in [0, 0.05) is 41.9 Å². The van der Waals surface area contributed by atoms with Gasteiger partial charge in [0.1, 0.15) is 6.54 Å². The Morgan fingerprint density at radius 3 is 2.28 bits per heavy atom. The van der Waals surface area contributed by atoms with E-state index in [1.165, 1.54) is 11.6 Å². The average Bonchev–Trinajstić information content (AvgIpc) is 3.74. The minimum atomic E-state index is -0.381. The maximum absolute atomic E-state index is 12.3. The number of carbonyl (C=O) groups is 3. The number of hydrogen-bond acceptors (Lipinski definition) is 5. The summed E-state index contributed by atoms with van der Waals surface area (Å²) in [6.45, 7) is 2.28. The summed E-state index contributed by atoms with van der Waals surface area (Å²) in [5.74, 6) is -0.547. The molecule has 1 aromatic heterocycles. The zero-order valence-corrected chi connectivity index (χ0v) is 20.1. The van der Waals surface area contributed by atoms with Crippen LogP contribution in [0.5, 0.6) is 0 Å². The van der Waals surface area contributed by atoms with Crippen molar-refractivity contribution in [3.63, 3.8) is 0 Å². The lowest BCUT2D eigenvalue weighted by Gasteiger charge is -2.10. The number of nitrogens with one attached hydrogen (secondary N) is 3. The number of hydrogen-bond donors (Lipinski definition) is 3. The van der Waals surface area contributed by atoms with Crippen molar-refractivity contribution in [1.82, 2.24) is 20.4 Å². The first-order valence-electron chi connectivity index (χ1n) is 12.1. The maximum atomic E-state index is 12.3. The minimum Gasteiger partial charge on any atom is -0.353 e. The van der Waals surface area contributed by atoms with Crippen LogP contribution in [-0.4, -0.2) is 40.6 Å². The molecule has 0 aliphatic heterocycles. The highest BCUT2D eigenvalue weighted by Crippen LogP contribution is 2.30. The molecule has 1 aliphatic rings. The highest BCUT2D eigenvalue weighted by Gasteiger charge is 2.29. The van der Waals surface area contributed by atoms with Crippen molar-refractivity contribution < 1.29 is 14.4 Å². The molecule has 1 heterocycles. The zero-order chi connectivity index (χ0) is 25.5. The van der Waals surface area contributed by atoms with Crippen LogP contribution in [0.3, 0.4) is 0 Å². The fraction of sp³-hybridized carbons (Fsp3) is 0.296. The molecule has 2 aromatic carbocycles. The molecule has 0 atom stereocenters. The van der Waals surface area contributed by atoms with Gasteiger partial charge in [-0.15, -0.1) is 0 Å². The molecule has 1 aliphatic carbocycles. The normalized spacial score (nSPS) is 12.6. The number of anilines is 1. The Kier molecular flexibility index (Phi) is 7.89. The van der Waals surface area contributed by atoms with Crippen molar-refractivity contribution in [3.8, 4) is 11.3 Å². The molecule has 0 bridgehead atoms. The highest BCUT2D eigenvalue weighted by atomic mass is 16.2. The molecule has 9 heteroatoms. The second-order valence-electron chi connectivity index (χ2n) is 8.71.